The van der Waals surface area contributed by atoms with Crippen LogP contribution in [0.25, 0.3) is 0 Å². The minimum absolute atomic E-state index is 0.209. The molecule has 1 saturated heterocycles. The monoisotopic (exact) mass is 414 g/mol. The number of carbonyl (C=O) groups excluding carboxylic acids is 4. The number of nitrogens with one attached hydrogen (secondary N) is 3. The van der Waals surface area contributed by atoms with Crippen molar-refractivity contribution >= 4 is 47.1 Å². The molecular weight excluding hydrogens is 395 g/mol. The number of carbonyl (C=O) groups is 4. The molecule has 0 radical (unpaired) electrons. The summed E-state index contributed by atoms with van der Waals surface area (Å²) in [6, 6.07) is 3.11. The van der Waals surface area contributed by atoms with Crippen molar-refractivity contribution in [3.63, 3.8) is 0 Å². The summed E-state index contributed by atoms with van der Waals surface area (Å²) in [4.78, 5) is 49.4. The molecule has 10 heteroatoms. The van der Waals surface area contributed by atoms with Gasteiger partial charge in [-0.05, 0) is 25.5 Å². The Kier molecular flexibility index (Phi) is 6.67. The molecule has 1 aromatic rings. The van der Waals surface area contributed by atoms with Crippen LogP contribution in [-0.4, -0.2) is 41.9 Å². The highest BCUT2D eigenvalue weighted by Gasteiger charge is 2.50. The number of imide groups is 2. The molecule has 146 valence electrons. The lowest BCUT2D eigenvalue weighted by atomic mass is 9.92. The summed E-state index contributed by atoms with van der Waals surface area (Å²) in [5.74, 6) is -1.43. The lowest BCUT2D eigenvalue weighted by Gasteiger charge is -2.23. The van der Waals surface area contributed by atoms with E-state index in [0.717, 1.165) is 17.7 Å². The van der Waals surface area contributed by atoms with Crippen LogP contribution in [0.5, 0.6) is 0 Å². The van der Waals surface area contributed by atoms with E-state index in [2.05, 4.69) is 16.0 Å². The van der Waals surface area contributed by atoms with Crippen LogP contribution < -0.4 is 16.0 Å². The summed E-state index contributed by atoms with van der Waals surface area (Å²) in [6.45, 7) is 3.28. The van der Waals surface area contributed by atoms with Crippen LogP contribution in [0.3, 0.4) is 0 Å². The molecule has 0 bridgehead atoms. The van der Waals surface area contributed by atoms with E-state index in [1.54, 1.807) is 6.07 Å². The Hall–Kier alpha value is -2.32. The molecule has 1 aliphatic heterocycles. The average Bonchev–Trinajstić information content (AvgIpc) is 2.79. The SMILES string of the molecule is CCCCNC(=O)NC(=O)CN1C(=O)NC(C)(c2ccc(Cl)cc2Cl)C1=O. The highest BCUT2D eigenvalue weighted by atomic mass is 35.5. The van der Waals surface area contributed by atoms with E-state index in [9.17, 15) is 19.2 Å². The van der Waals surface area contributed by atoms with E-state index in [-0.39, 0.29) is 5.02 Å². The maximum absolute atomic E-state index is 12.8. The van der Waals surface area contributed by atoms with Crippen molar-refractivity contribution in [1.82, 2.24) is 20.9 Å². The second kappa shape index (κ2) is 8.58. The Labute approximate surface area is 166 Å². The van der Waals surface area contributed by atoms with Gasteiger partial charge in [-0.25, -0.2) is 9.59 Å². The van der Waals surface area contributed by atoms with Crippen LogP contribution in [0, 0.1) is 0 Å². The lowest BCUT2D eigenvalue weighted by Crippen LogP contribution is -2.47. The van der Waals surface area contributed by atoms with E-state index < -0.39 is 36.0 Å². The van der Waals surface area contributed by atoms with Crippen molar-refractivity contribution < 1.29 is 19.2 Å². The number of unbranched alkanes of at least 4 members (excludes halogenated alkanes) is 1. The molecular formula is C17H20Cl2N4O4. The van der Waals surface area contributed by atoms with Gasteiger partial charge in [0.2, 0.25) is 5.91 Å². The van der Waals surface area contributed by atoms with Crippen LogP contribution >= 0.6 is 23.2 Å². The molecule has 0 aromatic heterocycles. The number of hydrogen-bond donors (Lipinski definition) is 3. The Bertz CT molecular complexity index is 786. The third kappa shape index (κ3) is 4.70. The zero-order valence-electron chi connectivity index (χ0n) is 14.9. The molecule has 0 saturated carbocycles. The molecule has 1 fully saturated rings. The number of halogens is 2. The van der Waals surface area contributed by atoms with E-state index in [1.165, 1.54) is 19.1 Å². The van der Waals surface area contributed by atoms with Crippen molar-refractivity contribution in [2.45, 2.75) is 32.2 Å². The summed E-state index contributed by atoms with van der Waals surface area (Å²) in [5, 5.41) is 7.73. The fraction of sp³-hybridized carbons (Fsp3) is 0.412. The van der Waals surface area contributed by atoms with Gasteiger partial charge >= 0.3 is 12.1 Å². The Morgan fingerprint density at radius 2 is 1.96 bits per heavy atom. The van der Waals surface area contributed by atoms with Gasteiger partial charge in [0, 0.05) is 22.2 Å². The van der Waals surface area contributed by atoms with Gasteiger partial charge in [-0.1, -0.05) is 42.6 Å². The molecule has 3 N–H and O–H groups in total. The fourth-order valence-electron chi connectivity index (χ4n) is 2.65. The quantitative estimate of drug-likeness (QED) is 0.490. The molecule has 0 spiro atoms. The molecule has 2 rings (SSSR count). The highest BCUT2D eigenvalue weighted by Crippen LogP contribution is 2.34. The summed E-state index contributed by atoms with van der Waals surface area (Å²) >= 11 is 12.0. The van der Waals surface area contributed by atoms with Gasteiger partial charge in [-0.2, -0.15) is 0 Å². The highest BCUT2D eigenvalue weighted by molar-refractivity contribution is 6.35. The number of rotatable bonds is 6. The molecule has 0 aliphatic carbocycles. The average molecular weight is 415 g/mol. The Morgan fingerprint density at radius 3 is 2.59 bits per heavy atom. The topological polar surface area (TPSA) is 108 Å². The summed E-state index contributed by atoms with van der Waals surface area (Å²) in [7, 11) is 0. The van der Waals surface area contributed by atoms with Gasteiger partial charge < -0.3 is 10.6 Å². The minimum atomic E-state index is -1.44. The van der Waals surface area contributed by atoms with Gasteiger partial charge in [0.1, 0.15) is 12.1 Å². The summed E-state index contributed by atoms with van der Waals surface area (Å²) < 4.78 is 0. The van der Waals surface area contributed by atoms with Crippen molar-refractivity contribution in [2.75, 3.05) is 13.1 Å². The third-order valence-corrected chi connectivity index (χ3v) is 4.66. The van der Waals surface area contributed by atoms with E-state index in [4.69, 9.17) is 23.2 Å². The van der Waals surface area contributed by atoms with E-state index in [0.29, 0.717) is 17.1 Å². The van der Waals surface area contributed by atoms with Crippen molar-refractivity contribution in [2.24, 2.45) is 0 Å². The van der Waals surface area contributed by atoms with Crippen LogP contribution in [-0.2, 0) is 15.1 Å². The molecule has 1 aliphatic rings. The largest absolute Gasteiger partial charge is 0.338 e. The van der Waals surface area contributed by atoms with Crippen molar-refractivity contribution in [3.8, 4) is 0 Å². The molecule has 1 unspecified atom stereocenters. The van der Waals surface area contributed by atoms with Gasteiger partial charge in [0.25, 0.3) is 5.91 Å². The first-order valence-electron chi connectivity index (χ1n) is 8.36. The zero-order chi connectivity index (χ0) is 20.2. The molecule has 8 nitrogen and oxygen atoms in total. The van der Waals surface area contributed by atoms with Gasteiger partial charge in [-0.3, -0.25) is 19.8 Å². The molecule has 1 heterocycles. The maximum Gasteiger partial charge on any atom is 0.325 e. The number of urea groups is 2. The number of amides is 6. The maximum atomic E-state index is 12.8. The first-order valence-corrected chi connectivity index (χ1v) is 9.12. The van der Waals surface area contributed by atoms with E-state index in [1.807, 2.05) is 6.92 Å². The van der Waals surface area contributed by atoms with Crippen molar-refractivity contribution in [1.29, 1.82) is 0 Å². The number of hydrogen-bond acceptors (Lipinski definition) is 4. The number of benzene rings is 1. The summed E-state index contributed by atoms with van der Waals surface area (Å²) in [6.07, 6.45) is 1.66. The predicted octanol–water partition coefficient (Wildman–Crippen LogP) is 2.39. The van der Waals surface area contributed by atoms with Crippen molar-refractivity contribution in [3.05, 3.63) is 33.8 Å². The second-order valence-electron chi connectivity index (χ2n) is 6.23. The predicted molar refractivity (Wildman–Crippen MR) is 101 cm³/mol. The fourth-order valence-corrected chi connectivity index (χ4v) is 3.25. The Balaban J connectivity index is 2.07. The van der Waals surface area contributed by atoms with Gasteiger partial charge in [-0.15, -0.1) is 0 Å². The third-order valence-electron chi connectivity index (χ3n) is 4.12. The zero-order valence-corrected chi connectivity index (χ0v) is 16.4. The lowest BCUT2D eigenvalue weighted by molar-refractivity contribution is -0.134. The summed E-state index contributed by atoms with van der Waals surface area (Å²) in [5.41, 5.74) is -1.09. The second-order valence-corrected chi connectivity index (χ2v) is 7.07. The number of nitrogens with zero attached hydrogens (tertiary/aromatic N) is 1. The molecule has 27 heavy (non-hydrogen) atoms. The molecule has 1 atom stereocenters. The van der Waals surface area contributed by atoms with Crippen LogP contribution in [0.15, 0.2) is 18.2 Å². The van der Waals surface area contributed by atoms with Gasteiger partial charge in [0.05, 0.1) is 0 Å². The molecule has 6 amide bonds. The smallest absolute Gasteiger partial charge is 0.325 e. The first kappa shape index (κ1) is 21.0. The van der Waals surface area contributed by atoms with Crippen LogP contribution in [0.4, 0.5) is 9.59 Å². The first-order chi connectivity index (χ1) is 12.7. The normalized spacial score (nSPS) is 19.0. The van der Waals surface area contributed by atoms with Crippen LogP contribution in [0.2, 0.25) is 10.0 Å². The minimum Gasteiger partial charge on any atom is -0.338 e. The van der Waals surface area contributed by atoms with Crippen LogP contribution in [0.1, 0.15) is 32.3 Å². The Morgan fingerprint density at radius 1 is 1.26 bits per heavy atom. The van der Waals surface area contributed by atoms with Gasteiger partial charge in [0.15, 0.2) is 0 Å². The van der Waals surface area contributed by atoms with E-state index >= 15 is 0 Å². The standard InChI is InChI=1S/C17H20Cl2N4O4/c1-3-4-7-20-15(26)21-13(24)9-23-14(25)17(2,22-16(23)27)11-6-5-10(18)8-12(11)19/h5-6,8H,3-4,7,9H2,1-2H3,(H,22,27)(H2,20,21,24,26). The molecule has 1 aromatic carbocycles.